The summed E-state index contributed by atoms with van der Waals surface area (Å²) in [6.07, 6.45) is -0.660. The topological polar surface area (TPSA) is 142 Å². The smallest absolute Gasteiger partial charge is 0.321 e. The molecule has 0 saturated heterocycles. The van der Waals surface area contributed by atoms with E-state index in [1.165, 1.54) is 32.0 Å². The van der Waals surface area contributed by atoms with E-state index < -0.39 is 53.3 Å². The fourth-order valence-electron chi connectivity index (χ4n) is 2.94. The fraction of sp³-hybridized carbons (Fsp3) is 0.545. The quantitative estimate of drug-likeness (QED) is 0.463. The van der Waals surface area contributed by atoms with E-state index in [1.54, 1.807) is 34.6 Å². The van der Waals surface area contributed by atoms with Crippen LogP contribution in [-0.4, -0.2) is 41.1 Å². The van der Waals surface area contributed by atoms with Gasteiger partial charge < -0.3 is 25.1 Å². The Balaban J connectivity index is 3.40. The molecule has 0 aliphatic rings. The van der Waals surface area contributed by atoms with Crippen LogP contribution in [0.15, 0.2) is 18.2 Å². The Morgan fingerprint density at radius 3 is 1.94 bits per heavy atom. The molecule has 31 heavy (non-hydrogen) atoms. The van der Waals surface area contributed by atoms with E-state index in [0.29, 0.717) is 5.56 Å². The van der Waals surface area contributed by atoms with Crippen LogP contribution in [0.5, 0.6) is 11.5 Å². The number of nitrogens with two attached hydrogens (primary N) is 1. The molecule has 3 N–H and O–H groups in total. The molecule has 4 atom stereocenters. The standard InChI is InChI=1S/C22H31NO8/c1-11(12(2)29-21(28)22(5,6)7)18(19(23)20(26)27)15-8-9-16(30-13(3)24)17(10-15)31-14(4)25/h8-12,18-19H,23H2,1-7H3,(H,26,27)/t11?,12?,18?,19-/m0/s1. The summed E-state index contributed by atoms with van der Waals surface area (Å²) in [5, 5.41) is 9.56. The van der Waals surface area contributed by atoms with E-state index in [9.17, 15) is 24.3 Å². The summed E-state index contributed by atoms with van der Waals surface area (Å²) < 4.78 is 15.7. The molecular weight excluding hydrogens is 406 g/mol. The SMILES string of the molecule is CC(=O)Oc1ccc(C(C(C)C(C)OC(=O)C(C)(C)C)[C@H](N)C(=O)O)cc1OC(C)=O. The van der Waals surface area contributed by atoms with Gasteiger partial charge in [0.15, 0.2) is 11.5 Å². The van der Waals surface area contributed by atoms with Crippen molar-refractivity contribution in [3.8, 4) is 11.5 Å². The molecule has 9 nitrogen and oxygen atoms in total. The number of esters is 3. The third-order valence-electron chi connectivity index (χ3n) is 4.74. The fourth-order valence-corrected chi connectivity index (χ4v) is 2.94. The van der Waals surface area contributed by atoms with Crippen LogP contribution in [0.1, 0.15) is 59.9 Å². The van der Waals surface area contributed by atoms with Crippen molar-refractivity contribution in [2.45, 2.75) is 66.5 Å². The Morgan fingerprint density at radius 1 is 0.968 bits per heavy atom. The summed E-state index contributed by atoms with van der Waals surface area (Å²) in [6, 6.07) is 3.00. The van der Waals surface area contributed by atoms with Crippen LogP contribution >= 0.6 is 0 Å². The zero-order chi connectivity index (χ0) is 24.1. The average Bonchev–Trinajstić information content (AvgIpc) is 2.61. The van der Waals surface area contributed by atoms with Gasteiger partial charge in [0, 0.05) is 25.7 Å². The van der Waals surface area contributed by atoms with Crippen LogP contribution in [0.4, 0.5) is 0 Å². The Bertz CT molecular complexity index is 842. The van der Waals surface area contributed by atoms with Crippen molar-refractivity contribution < 1.29 is 38.5 Å². The number of hydrogen-bond donors (Lipinski definition) is 2. The van der Waals surface area contributed by atoms with Gasteiger partial charge in [0.2, 0.25) is 0 Å². The van der Waals surface area contributed by atoms with Crippen molar-refractivity contribution in [1.29, 1.82) is 0 Å². The van der Waals surface area contributed by atoms with Crippen molar-refractivity contribution in [2.75, 3.05) is 0 Å². The second kappa shape index (κ2) is 10.4. The van der Waals surface area contributed by atoms with E-state index >= 15 is 0 Å². The van der Waals surface area contributed by atoms with Gasteiger partial charge in [-0.15, -0.1) is 0 Å². The lowest BCUT2D eigenvalue weighted by Crippen LogP contribution is -2.43. The first-order valence-electron chi connectivity index (χ1n) is 9.85. The first-order valence-corrected chi connectivity index (χ1v) is 9.85. The number of carbonyl (C=O) groups is 4. The van der Waals surface area contributed by atoms with Gasteiger partial charge in [-0.25, -0.2) is 0 Å². The Labute approximate surface area is 181 Å². The van der Waals surface area contributed by atoms with E-state index in [4.69, 9.17) is 19.9 Å². The number of carboxylic acids is 1. The third-order valence-corrected chi connectivity index (χ3v) is 4.74. The molecule has 1 rings (SSSR count). The molecule has 0 spiro atoms. The largest absolute Gasteiger partial charge is 0.480 e. The lowest BCUT2D eigenvalue weighted by molar-refractivity contribution is -0.160. The van der Waals surface area contributed by atoms with Crippen molar-refractivity contribution in [3.63, 3.8) is 0 Å². The van der Waals surface area contributed by atoms with Crippen molar-refractivity contribution >= 4 is 23.9 Å². The normalized spacial score (nSPS) is 15.2. The highest BCUT2D eigenvalue weighted by atomic mass is 16.6. The highest BCUT2D eigenvalue weighted by Crippen LogP contribution is 2.37. The zero-order valence-electron chi connectivity index (χ0n) is 18.9. The van der Waals surface area contributed by atoms with Crippen LogP contribution in [0.25, 0.3) is 0 Å². The number of carbonyl (C=O) groups excluding carboxylic acids is 3. The Morgan fingerprint density at radius 2 is 1.48 bits per heavy atom. The van der Waals surface area contributed by atoms with Gasteiger partial charge in [-0.2, -0.15) is 0 Å². The average molecular weight is 437 g/mol. The number of carboxylic acid groups (broad SMARTS) is 1. The second-order valence-electron chi connectivity index (χ2n) is 8.50. The van der Waals surface area contributed by atoms with E-state index in [2.05, 4.69) is 0 Å². The van der Waals surface area contributed by atoms with Crippen molar-refractivity contribution in [2.24, 2.45) is 17.1 Å². The highest BCUT2D eigenvalue weighted by molar-refractivity contribution is 5.77. The maximum Gasteiger partial charge on any atom is 0.321 e. The number of aliphatic carboxylic acids is 1. The minimum absolute atomic E-state index is 0.00829. The molecule has 0 amide bonds. The van der Waals surface area contributed by atoms with E-state index in [-0.39, 0.29) is 11.5 Å². The van der Waals surface area contributed by atoms with Crippen molar-refractivity contribution in [3.05, 3.63) is 23.8 Å². The monoisotopic (exact) mass is 437 g/mol. The third kappa shape index (κ3) is 7.36. The predicted octanol–water partition coefficient (Wildman–Crippen LogP) is 2.65. The summed E-state index contributed by atoms with van der Waals surface area (Å²) in [5.74, 6) is -4.29. The van der Waals surface area contributed by atoms with Gasteiger partial charge in [0.25, 0.3) is 0 Å². The Kier molecular flexibility index (Phi) is 8.74. The molecule has 172 valence electrons. The minimum atomic E-state index is -1.34. The van der Waals surface area contributed by atoms with Crippen LogP contribution in [0.2, 0.25) is 0 Å². The van der Waals surface area contributed by atoms with Gasteiger partial charge in [0.1, 0.15) is 12.1 Å². The first kappa shape index (κ1) is 26.1. The van der Waals surface area contributed by atoms with Gasteiger partial charge in [-0.1, -0.05) is 13.0 Å². The van der Waals surface area contributed by atoms with Crippen LogP contribution in [0, 0.1) is 11.3 Å². The lowest BCUT2D eigenvalue weighted by atomic mass is 9.79. The van der Waals surface area contributed by atoms with Crippen LogP contribution in [0.3, 0.4) is 0 Å². The minimum Gasteiger partial charge on any atom is -0.480 e. The maximum atomic E-state index is 12.3. The summed E-state index contributed by atoms with van der Waals surface area (Å²) in [4.78, 5) is 46.8. The summed E-state index contributed by atoms with van der Waals surface area (Å²) >= 11 is 0. The summed E-state index contributed by atoms with van der Waals surface area (Å²) in [7, 11) is 0. The van der Waals surface area contributed by atoms with Crippen molar-refractivity contribution in [1.82, 2.24) is 0 Å². The molecule has 1 aromatic rings. The predicted molar refractivity (Wildman–Crippen MR) is 112 cm³/mol. The molecule has 0 bridgehead atoms. The van der Waals surface area contributed by atoms with Gasteiger partial charge in [-0.05, 0) is 45.4 Å². The molecule has 0 aliphatic carbocycles. The maximum absolute atomic E-state index is 12.3. The zero-order valence-corrected chi connectivity index (χ0v) is 18.9. The summed E-state index contributed by atoms with van der Waals surface area (Å²) in [5.41, 5.74) is 5.68. The lowest BCUT2D eigenvalue weighted by Gasteiger charge is -2.33. The Hall–Kier alpha value is -2.94. The molecule has 0 saturated carbocycles. The molecule has 0 aliphatic heterocycles. The molecule has 1 aromatic carbocycles. The molecule has 9 heteroatoms. The van der Waals surface area contributed by atoms with Crippen LogP contribution in [-0.2, 0) is 23.9 Å². The summed E-state index contributed by atoms with van der Waals surface area (Å²) in [6.45, 7) is 10.9. The molecule has 0 heterocycles. The molecule has 0 aromatic heterocycles. The molecular formula is C22H31NO8. The van der Waals surface area contributed by atoms with E-state index in [0.717, 1.165) is 0 Å². The second-order valence-corrected chi connectivity index (χ2v) is 8.50. The number of hydrogen-bond acceptors (Lipinski definition) is 8. The van der Waals surface area contributed by atoms with E-state index in [1.807, 2.05) is 0 Å². The van der Waals surface area contributed by atoms with Gasteiger partial charge >= 0.3 is 23.9 Å². The molecule has 0 fully saturated rings. The van der Waals surface area contributed by atoms with Gasteiger partial charge in [0.05, 0.1) is 5.41 Å². The number of rotatable bonds is 8. The highest BCUT2D eigenvalue weighted by Gasteiger charge is 2.37. The number of benzene rings is 1. The first-order chi connectivity index (χ1) is 14.1. The molecule has 0 radical (unpaired) electrons. The molecule has 3 unspecified atom stereocenters. The van der Waals surface area contributed by atoms with Crippen LogP contribution < -0.4 is 15.2 Å². The number of ether oxygens (including phenoxy) is 3. The van der Waals surface area contributed by atoms with Gasteiger partial charge in [-0.3, -0.25) is 19.2 Å².